The largest absolute Gasteiger partial charge is 0.397 e. The summed E-state index contributed by atoms with van der Waals surface area (Å²) in [6.07, 6.45) is 0. The van der Waals surface area contributed by atoms with Crippen molar-refractivity contribution in [3.05, 3.63) is 170 Å². The van der Waals surface area contributed by atoms with Crippen molar-refractivity contribution >= 4 is 32.9 Å². The summed E-state index contributed by atoms with van der Waals surface area (Å²) in [5.74, 6) is 0. The summed E-state index contributed by atoms with van der Waals surface area (Å²) in [4.78, 5) is 0. The lowest BCUT2D eigenvalue weighted by molar-refractivity contribution is 1.54. The molecule has 0 aliphatic carbocycles. The van der Waals surface area contributed by atoms with Gasteiger partial charge < -0.3 is 11.5 Å². The Morgan fingerprint density at radius 2 is 0.652 bits per heavy atom. The van der Waals surface area contributed by atoms with Crippen molar-refractivity contribution in [3.63, 3.8) is 0 Å². The van der Waals surface area contributed by atoms with E-state index in [-0.39, 0.29) is 0 Å². The molecule has 0 atom stereocenters. The Kier molecular flexibility index (Phi) is 6.81. The normalized spacial score (nSPS) is 11.2. The van der Waals surface area contributed by atoms with Crippen LogP contribution in [-0.4, -0.2) is 0 Å². The van der Waals surface area contributed by atoms with E-state index in [2.05, 4.69) is 164 Å². The molecule has 0 radical (unpaired) electrons. The number of rotatable bonds is 5. The summed E-state index contributed by atoms with van der Waals surface area (Å²) in [6.45, 7) is 0. The standard InChI is InChI=1S/C44H32N2/c45-43-41(37-26-12-11-25-34(37)29-15-3-1-4-16-29)39(32-19-5-2-6-20-32)40(36-27-13-21-30-17-7-9-23-33(30)36)42(44(43)46)38-28-14-22-31-18-8-10-24-35(31)38/h1-28H,45-46H2. The van der Waals surface area contributed by atoms with Gasteiger partial charge in [0.05, 0.1) is 11.4 Å². The number of hydrogen-bond donors (Lipinski definition) is 2. The van der Waals surface area contributed by atoms with Crippen LogP contribution in [0.15, 0.2) is 170 Å². The average molecular weight is 589 g/mol. The van der Waals surface area contributed by atoms with Crippen LogP contribution in [0.3, 0.4) is 0 Å². The molecule has 0 heterocycles. The Morgan fingerprint density at radius 1 is 0.261 bits per heavy atom. The molecule has 0 unspecified atom stereocenters. The second kappa shape index (κ2) is 11.4. The van der Waals surface area contributed by atoms with Crippen molar-refractivity contribution in [2.75, 3.05) is 11.5 Å². The number of nitrogen functional groups attached to an aromatic ring is 2. The molecule has 0 amide bonds. The lowest BCUT2D eigenvalue weighted by atomic mass is 9.78. The van der Waals surface area contributed by atoms with Crippen LogP contribution >= 0.6 is 0 Å². The van der Waals surface area contributed by atoms with Crippen LogP contribution in [0.1, 0.15) is 0 Å². The van der Waals surface area contributed by atoms with E-state index >= 15 is 0 Å². The van der Waals surface area contributed by atoms with E-state index in [9.17, 15) is 0 Å². The van der Waals surface area contributed by atoms with Crippen molar-refractivity contribution in [3.8, 4) is 55.6 Å². The van der Waals surface area contributed by atoms with Gasteiger partial charge in [0, 0.05) is 22.3 Å². The zero-order valence-corrected chi connectivity index (χ0v) is 25.3. The topological polar surface area (TPSA) is 52.0 Å². The molecule has 46 heavy (non-hydrogen) atoms. The summed E-state index contributed by atoms with van der Waals surface area (Å²) in [5, 5.41) is 4.62. The number of nitrogens with two attached hydrogens (primary N) is 2. The maximum absolute atomic E-state index is 7.34. The summed E-state index contributed by atoms with van der Waals surface area (Å²) >= 11 is 0. The van der Waals surface area contributed by atoms with Crippen LogP contribution in [0.25, 0.3) is 77.2 Å². The third-order valence-electron chi connectivity index (χ3n) is 9.04. The minimum atomic E-state index is 0.578. The Bertz CT molecular complexity index is 2360. The molecule has 8 aromatic rings. The molecule has 0 aromatic heterocycles. The smallest absolute Gasteiger partial charge is 0.0640 e. The van der Waals surface area contributed by atoms with Crippen LogP contribution in [0, 0.1) is 0 Å². The first-order valence-electron chi connectivity index (χ1n) is 15.6. The van der Waals surface area contributed by atoms with E-state index in [1.54, 1.807) is 0 Å². The van der Waals surface area contributed by atoms with Crippen LogP contribution in [0.2, 0.25) is 0 Å². The Hall–Kier alpha value is -6.12. The lowest BCUT2D eigenvalue weighted by Gasteiger charge is -2.27. The second-order valence-electron chi connectivity index (χ2n) is 11.7. The summed E-state index contributed by atoms with van der Waals surface area (Å²) in [5.41, 5.74) is 26.4. The fourth-order valence-electron chi connectivity index (χ4n) is 6.97. The van der Waals surface area contributed by atoms with Crippen molar-refractivity contribution in [1.82, 2.24) is 0 Å². The van der Waals surface area contributed by atoms with Crippen LogP contribution in [0.4, 0.5) is 11.4 Å². The molecule has 8 aromatic carbocycles. The highest BCUT2D eigenvalue weighted by atomic mass is 14.7. The van der Waals surface area contributed by atoms with E-state index in [1.807, 2.05) is 6.07 Å². The highest BCUT2D eigenvalue weighted by Gasteiger charge is 2.28. The first-order chi connectivity index (χ1) is 22.7. The van der Waals surface area contributed by atoms with E-state index in [1.165, 1.54) is 5.39 Å². The minimum Gasteiger partial charge on any atom is -0.397 e. The molecule has 2 heteroatoms. The Morgan fingerprint density at radius 3 is 1.24 bits per heavy atom. The third-order valence-corrected chi connectivity index (χ3v) is 9.04. The van der Waals surface area contributed by atoms with Gasteiger partial charge in [-0.1, -0.05) is 170 Å². The molecule has 0 aliphatic heterocycles. The highest BCUT2D eigenvalue weighted by Crippen LogP contribution is 2.55. The molecular formula is C44H32N2. The molecule has 4 N–H and O–H groups in total. The molecule has 0 bridgehead atoms. The molecule has 0 fully saturated rings. The van der Waals surface area contributed by atoms with Gasteiger partial charge in [-0.15, -0.1) is 0 Å². The van der Waals surface area contributed by atoms with E-state index in [4.69, 9.17) is 11.5 Å². The third kappa shape index (κ3) is 4.51. The maximum atomic E-state index is 7.34. The van der Waals surface area contributed by atoms with E-state index < -0.39 is 0 Å². The Balaban J connectivity index is 1.62. The molecule has 218 valence electrons. The monoisotopic (exact) mass is 588 g/mol. The van der Waals surface area contributed by atoms with Gasteiger partial charge in [0.15, 0.2) is 0 Å². The van der Waals surface area contributed by atoms with Gasteiger partial charge in [-0.25, -0.2) is 0 Å². The predicted molar refractivity (Wildman–Crippen MR) is 197 cm³/mol. The minimum absolute atomic E-state index is 0.578. The second-order valence-corrected chi connectivity index (χ2v) is 11.7. The van der Waals surface area contributed by atoms with Gasteiger partial charge in [-0.05, 0) is 54.9 Å². The van der Waals surface area contributed by atoms with Crippen LogP contribution < -0.4 is 11.5 Å². The molecule has 0 saturated heterocycles. The van der Waals surface area contributed by atoms with Crippen molar-refractivity contribution in [2.24, 2.45) is 0 Å². The number of hydrogen-bond acceptors (Lipinski definition) is 2. The number of fused-ring (bicyclic) bond motifs is 2. The summed E-state index contributed by atoms with van der Waals surface area (Å²) in [7, 11) is 0. The van der Waals surface area contributed by atoms with Gasteiger partial charge in [0.2, 0.25) is 0 Å². The zero-order chi connectivity index (χ0) is 31.0. The summed E-state index contributed by atoms with van der Waals surface area (Å²) in [6, 6.07) is 59.7. The van der Waals surface area contributed by atoms with Gasteiger partial charge in [-0.3, -0.25) is 0 Å². The molecule has 0 spiro atoms. The fraction of sp³-hybridized carbons (Fsp3) is 0. The molecule has 0 aliphatic rings. The van der Waals surface area contributed by atoms with Gasteiger partial charge in [-0.2, -0.15) is 0 Å². The first kappa shape index (κ1) is 27.4. The van der Waals surface area contributed by atoms with Crippen LogP contribution in [0.5, 0.6) is 0 Å². The predicted octanol–water partition coefficient (Wildman–Crippen LogP) is 11.5. The van der Waals surface area contributed by atoms with Crippen LogP contribution in [-0.2, 0) is 0 Å². The van der Waals surface area contributed by atoms with Crippen molar-refractivity contribution in [2.45, 2.75) is 0 Å². The lowest BCUT2D eigenvalue weighted by Crippen LogP contribution is -2.06. The maximum Gasteiger partial charge on any atom is 0.0640 e. The van der Waals surface area contributed by atoms with E-state index in [0.717, 1.165) is 71.8 Å². The fourth-order valence-corrected chi connectivity index (χ4v) is 6.97. The molecule has 8 rings (SSSR count). The zero-order valence-electron chi connectivity index (χ0n) is 25.3. The van der Waals surface area contributed by atoms with Gasteiger partial charge in [0.25, 0.3) is 0 Å². The number of anilines is 2. The number of benzene rings is 8. The molecular weight excluding hydrogens is 556 g/mol. The quantitative estimate of drug-likeness (QED) is 0.197. The highest BCUT2D eigenvalue weighted by molar-refractivity contribution is 6.18. The Labute approximate surface area is 269 Å². The van der Waals surface area contributed by atoms with Crippen molar-refractivity contribution < 1.29 is 0 Å². The first-order valence-corrected chi connectivity index (χ1v) is 15.6. The molecule has 0 saturated carbocycles. The van der Waals surface area contributed by atoms with Gasteiger partial charge in [0.1, 0.15) is 0 Å². The molecule has 2 nitrogen and oxygen atoms in total. The van der Waals surface area contributed by atoms with Crippen molar-refractivity contribution in [1.29, 1.82) is 0 Å². The van der Waals surface area contributed by atoms with Gasteiger partial charge >= 0.3 is 0 Å². The summed E-state index contributed by atoms with van der Waals surface area (Å²) < 4.78 is 0. The average Bonchev–Trinajstić information content (AvgIpc) is 3.13. The SMILES string of the molecule is Nc1c(N)c(-c2cccc3ccccc23)c(-c2cccc3ccccc23)c(-c2ccccc2)c1-c1ccccc1-c1ccccc1. The van der Waals surface area contributed by atoms with E-state index in [0.29, 0.717) is 11.4 Å².